The number of H-pyrrole nitrogens is 1. The molecule has 45 heavy (non-hydrogen) atoms. The third kappa shape index (κ3) is 5.70. The lowest BCUT2D eigenvalue weighted by Gasteiger charge is -2.33. The number of hydrogen-bond donors (Lipinski definition) is 1. The van der Waals surface area contributed by atoms with Crippen LogP contribution < -0.4 is 9.64 Å². The number of ether oxygens (including phenoxy) is 2. The molecule has 0 amide bonds. The number of halogens is 3. The number of benzene rings is 1. The van der Waals surface area contributed by atoms with Crippen LogP contribution in [0.2, 0.25) is 0 Å². The molecule has 0 bridgehead atoms. The Morgan fingerprint density at radius 3 is 2.49 bits per heavy atom. The van der Waals surface area contributed by atoms with Crippen LogP contribution in [0, 0.1) is 5.92 Å². The van der Waals surface area contributed by atoms with Gasteiger partial charge in [-0.2, -0.15) is 13.2 Å². The highest BCUT2D eigenvalue weighted by molar-refractivity contribution is 5.86. The van der Waals surface area contributed by atoms with E-state index in [0.717, 1.165) is 30.3 Å². The molecule has 5 aromatic rings. The van der Waals surface area contributed by atoms with E-state index in [4.69, 9.17) is 19.4 Å². The van der Waals surface area contributed by atoms with Crippen molar-refractivity contribution in [2.45, 2.75) is 51.4 Å². The summed E-state index contributed by atoms with van der Waals surface area (Å²) in [7, 11) is 1.57. The maximum absolute atomic E-state index is 13.5. The van der Waals surface area contributed by atoms with Crippen molar-refractivity contribution in [2.24, 2.45) is 5.92 Å². The number of rotatable bonds is 10. The van der Waals surface area contributed by atoms with E-state index in [9.17, 15) is 13.2 Å². The molecule has 14 heteroatoms. The number of nitrogens with zero attached hydrogens (tertiary/aromatic N) is 8. The van der Waals surface area contributed by atoms with E-state index in [-0.39, 0.29) is 11.9 Å². The number of hydrogen-bond acceptors (Lipinski definition) is 9. The van der Waals surface area contributed by atoms with E-state index < -0.39 is 11.9 Å². The number of nitrogens with one attached hydrogen (secondary N) is 1. The van der Waals surface area contributed by atoms with E-state index in [1.54, 1.807) is 18.0 Å². The smallest absolute Gasteiger partial charge is 0.434 e. The summed E-state index contributed by atoms with van der Waals surface area (Å²) in [6.45, 7) is 6.09. The van der Waals surface area contributed by atoms with Crippen LogP contribution in [0.1, 0.15) is 55.6 Å². The van der Waals surface area contributed by atoms with Crippen molar-refractivity contribution in [1.82, 2.24) is 39.5 Å². The minimum Gasteiger partial charge on any atom is -0.480 e. The summed E-state index contributed by atoms with van der Waals surface area (Å²) >= 11 is 0. The summed E-state index contributed by atoms with van der Waals surface area (Å²) in [4.78, 5) is 32.6. The topological polar surface area (TPSA) is 120 Å². The van der Waals surface area contributed by atoms with E-state index in [2.05, 4.69) is 29.8 Å². The third-order valence-electron chi connectivity index (χ3n) is 8.14. The largest absolute Gasteiger partial charge is 0.480 e. The summed E-state index contributed by atoms with van der Waals surface area (Å²) in [5.74, 6) is 2.40. The van der Waals surface area contributed by atoms with Crippen molar-refractivity contribution < 1.29 is 22.6 Å². The quantitative estimate of drug-likeness (QED) is 0.206. The second-order valence-electron chi connectivity index (χ2n) is 11.8. The first-order chi connectivity index (χ1) is 21.7. The molecular weight excluding hydrogens is 587 g/mol. The SMILES string of the molecule is COc1ncnc(C2CC2)c1-c1nc(N(Cc2ccc(-c3nc(C(F)(F)F)cn3C(C)C)cc2)CC2COC2)c2[nH]cnc2n1. The van der Waals surface area contributed by atoms with Crippen molar-refractivity contribution in [1.29, 1.82) is 0 Å². The number of imidazole rings is 2. The van der Waals surface area contributed by atoms with Crippen LogP contribution in [-0.2, 0) is 17.5 Å². The van der Waals surface area contributed by atoms with Crippen LogP contribution in [0.5, 0.6) is 5.88 Å². The van der Waals surface area contributed by atoms with Gasteiger partial charge in [-0.15, -0.1) is 0 Å². The highest BCUT2D eigenvalue weighted by atomic mass is 19.4. The van der Waals surface area contributed by atoms with Crippen LogP contribution in [0.4, 0.5) is 19.0 Å². The maximum Gasteiger partial charge on any atom is 0.434 e. The molecule has 1 N–H and O–H groups in total. The number of anilines is 1. The van der Waals surface area contributed by atoms with Gasteiger partial charge in [-0.1, -0.05) is 24.3 Å². The molecular formula is C31H32F3N9O2. The maximum atomic E-state index is 13.5. The van der Waals surface area contributed by atoms with Crippen molar-refractivity contribution >= 4 is 17.0 Å². The fourth-order valence-electron chi connectivity index (χ4n) is 5.62. The van der Waals surface area contributed by atoms with Gasteiger partial charge >= 0.3 is 6.18 Å². The summed E-state index contributed by atoms with van der Waals surface area (Å²) < 4.78 is 53.1. The predicted octanol–water partition coefficient (Wildman–Crippen LogP) is 5.81. The summed E-state index contributed by atoms with van der Waals surface area (Å²) in [6.07, 6.45) is 1.71. The Kier molecular flexibility index (Phi) is 7.38. The average Bonchev–Trinajstić information content (AvgIpc) is 3.54. The fourth-order valence-corrected chi connectivity index (χ4v) is 5.62. The summed E-state index contributed by atoms with van der Waals surface area (Å²) in [6, 6.07) is 7.26. The number of alkyl halides is 3. The van der Waals surface area contributed by atoms with Gasteiger partial charge in [-0.05, 0) is 32.3 Å². The Morgan fingerprint density at radius 1 is 1.07 bits per heavy atom. The Morgan fingerprint density at radius 2 is 1.84 bits per heavy atom. The number of aromatic amines is 1. The Balaban J connectivity index is 1.26. The van der Waals surface area contributed by atoms with Crippen molar-refractivity contribution in [3.63, 3.8) is 0 Å². The van der Waals surface area contributed by atoms with Crippen LogP contribution in [0.25, 0.3) is 33.9 Å². The van der Waals surface area contributed by atoms with E-state index in [0.29, 0.717) is 78.0 Å². The monoisotopic (exact) mass is 619 g/mol. The zero-order valence-corrected chi connectivity index (χ0v) is 25.0. The van der Waals surface area contributed by atoms with Crippen molar-refractivity contribution in [3.8, 4) is 28.7 Å². The van der Waals surface area contributed by atoms with E-state index in [1.165, 1.54) is 6.33 Å². The minimum atomic E-state index is -4.52. The van der Waals surface area contributed by atoms with E-state index >= 15 is 0 Å². The zero-order valence-electron chi connectivity index (χ0n) is 25.0. The standard InChI is InChI=1S/C31H32F3N9O2/c1-17(2)43-12-22(31(32,33)34)39-28(43)21-6-4-18(5-7-21)10-42(11-19-13-45-14-19)29-25-27(37-15-36-25)40-26(41-29)23-24(20-8-9-20)35-16-38-30(23)44-3/h4-7,12,15-17,19-20H,8-11,13-14H2,1-3H3,(H,36,37,40,41). The molecule has 1 saturated heterocycles. The molecule has 1 aliphatic heterocycles. The van der Waals surface area contributed by atoms with Crippen LogP contribution in [-0.4, -0.2) is 66.3 Å². The Bertz CT molecular complexity index is 1830. The number of fused-ring (bicyclic) bond motifs is 1. The lowest BCUT2D eigenvalue weighted by molar-refractivity contribution is -0.140. The van der Waals surface area contributed by atoms with Gasteiger partial charge in [0.1, 0.15) is 23.2 Å². The van der Waals surface area contributed by atoms with Crippen molar-refractivity contribution in [3.05, 3.63) is 60.1 Å². The van der Waals surface area contributed by atoms with Gasteiger partial charge in [0.05, 0.1) is 32.3 Å². The molecule has 7 rings (SSSR count). The highest BCUT2D eigenvalue weighted by Crippen LogP contribution is 2.45. The summed E-state index contributed by atoms with van der Waals surface area (Å²) in [5.41, 5.74) is 3.38. The second kappa shape index (κ2) is 11.4. The molecule has 234 valence electrons. The van der Waals surface area contributed by atoms with Gasteiger partial charge < -0.3 is 23.9 Å². The molecule has 0 unspecified atom stereocenters. The molecule has 2 aliphatic rings. The third-order valence-corrected chi connectivity index (χ3v) is 8.14. The Labute approximate surface area is 256 Å². The zero-order chi connectivity index (χ0) is 31.3. The molecule has 4 aromatic heterocycles. The van der Waals surface area contributed by atoms with Crippen LogP contribution in [0.15, 0.2) is 43.1 Å². The average molecular weight is 620 g/mol. The molecule has 5 heterocycles. The van der Waals surface area contributed by atoms with Gasteiger partial charge in [0.15, 0.2) is 23.0 Å². The highest BCUT2D eigenvalue weighted by Gasteiger charge is 2.36. The van der Waals surface area contributed by atoms with Crippen LogP contribution >= 0.6 is 0 Å². The first kappa shape index (κ1) is 29.1. The predicted molar refractivity (Wildman–Crippen MR) is 160 cm³/mol. The number of methoxy groups -OCH3 is 1. The fraction of sp³-hybridized carbons (Fsp3) is 0.419. The molecule has 1 aliphatic carbocycles. The van der Waals surface area contributed by atoms with Gasteiger partial charge in [-0.25, -0.2) is 29.9 Å². The summed E-state index contributed by atoms with van der Waals surface area (Å²) in [5, 5.41) is 0. The van der Waals surface area contributed by atoms with Crippen molar-refractivity contribution in [2.75, 3.05) is 31.8 Å². The first-order valence-electron chi connectivity index (χ1n) is 14.9. The lowest BCUT2D eigenvalue weighted by Crippen LogP contribution is -2.39. The molecule has 0 spiro atoms. The van der Waals surface area contributed by atoms with Gasteiger partial charge in [0.2, 0.25) is 5.88 Å². The molecule has 11 nitrogen and oxygen atoms in total. The minimum absolute atomic E-state index is 0.193. The van der Waals surface area contributed by atoms with E-state index in [1.807, 2.05) is 38.1 Å². The second-order valence-corrected chi connectivity index (χ2v) is 11.8. The molecule has 0 radical (unpaired) electrons. The molecule has 0 atom stereocenters. The molecule has 1 aromatic carbocycles. The van der Waals surface area contributed by atoms with Gasteiger partial charge in [0.25, 0.3) is 0 Å². The number of aromatic nitrogens is 8. The molecule has 2 fully saturated rings. The first-order valence-corrected chi connectivity index (χ1v) is 14.9. The van der Waals surface area contributed by atoms with Crippen LogP contribution in [0.3, 0.4) is 0 Å². The Hall–Kier alpha value is -4.59. The molecule has 1 saturated carbocycles. The van der Waals surface area contributed by atoms with Gasteiger partial charge in [0, 0.05) is 42.7 Å². The lowest BCUT2D eigenvalue weighted by atomic mass is 10.1. The normalized spacial score (nSPS) is 15.5. The van der Waals surface area contributed by atoms with Gasteiger partial charge in [-0.3, -0.25) is 0 Å².